The third-order valence-electron chi connectivity index (χ3n) is 2.47. The number of anilines is 1. The molecular formula is C8H13N3O2. The molecular weight excluding hydrogens is 170 g/mol. The van der Waals surface area contributed by atoms with Gasteiger partial charge in [0.15, 0.2) is 0 Å². The number of fused-ring (bicyclic) bond motifs is 1. The van der Waals surface area contributed by atoms with Gasteiger partial charge < -0.3 is 10.8 Å². The standard InChI is InChI=1S/C8H13N3O2/c9-7-6(2-5-12)10-3-1-4-11(10)8(7)13/h12H,1-5,9H2. The van der Waals surface area contributed by atoms with Gasteiger partial charge in [0.25, 0.3) is 5.56 Å². The molecule has 72 valence electrons. The summed E-state index contributed by atoms with van der Waals surface area (Å²) in [5.74, 6) is 0. The first-order valence-electron chi connectivity index (χ1n) is 4.44. The SMILES string of the molecule is Nc1c(CCO)n2n(c1=O)CCC2. The van der Waals surface area contributed by atoms with E-state index < -0.39 is 0 Å². The van der Waals surface area contributed by atoms with Crippen LogP contribution in [-0.4, -0.2) is 21.1 Å². The van der Waals surface area contributed by atoms with Gasteiger partial charge in [0.05, 0.1) is 5.69 Å². The summed E-state index contributed by atoms with van der Waals surface area (Å²) in [5, 5.41) is 8.80. The van der Waals surface area contributed by atoms with Crippen molar-refractivity contribution in [3.05, 3.63) is 16.0 Å². The summed E-state index contributed by atoms with van der Waals surface area (Å²) >= 11 is 0. The normalized spacial score (nSPS) is 14.8. The molecule has 0 radical (unpaired) electrons. The number of nitrogens with two attached hydrogens (primary N) is 1. The molecule has 2 heterocycles. The van der Waals surface area contributed by atoms with Crippen LogP contribution in [0.4, 0.5) is 5.69 Å². The van der Waals surface area contributed by atoms with Crippen LogP contribution in [0.2, 0.25) is 0 Å². The van der Waals surface area contributed by atoms with Crippen LogP contribution in [0.5, 0.6) is 0 Å². The first kappa shape index (κ1) is 8.37. The van der Waals surface area contributed by atoms with Crippen molar-refractivity contribution < 1.29 is 5.11 Å². The largest absolute Gasteiger partial charge is 0.396 e. The highest BCUT2D eigenvalue weighted by molar-refractivity contribution is 5.42. The number of hydrogen-bond acceptors (Lipinski definition) is 3. The fraction of sp³-hybridized carbons (Fsp3) is 0.625. The zero-order valence-electron chi connectivity index (χ0n) is 7.36. The molecule has 0 atom stereocenters. The van der Waals surface area contributed by atoms with Crippen LogP contribution in [0.1, 0.15) is 12.1 Å². The number of rotatable bonds is 2. The quantitative estimate of drug-likeness (QED) is 0.628. The molecule has 0 spiro atoms. The smallest absolute Gasteiger partial charge is 0.290 e. The van der Waals surface area contributed by atoms with E-state index in [0.29, 0.717) is 12.1 Å². The van der Waals surface area contributed by atoms with Crippen molar-refractivity contribution in [2.24, 2.45) is 0 Å². The molecule has 5 nitrogen and oxygen atoms in total. The minimum absolute atomic E-state index is 0.0354. The number of nitrogen functional groups attached to an aromatic ring is 1. The molecule has 1 aromatic heterocycles. The summed E-state index contributed by atoms with van der Waals surface area (Å²) in [7, 11) is 0. The van der Waals surface area contributed by atoms with E-state index in [1.165, 1.54) is 0 Å². The Hall–Kier alpha value is -1.23. The maximum atomic E-state index is 11.5. The molecule has 5 heteroatoms. The lowest BCUT2D eigenvalue weighted by atomic mass is 10.3. The zero-order chi connectivity index (χ0) is 9.42. The van der Waals surface area contributed by atoms with Crippen molar-refractivity contribution >= 4 is 5.69 Å². The molecule has 0 fully saturated rings. The Kier molecular flexibility index (Phi) is 1.88. The van der Waals surface area contributed by atoms with Crippen molar-refractivity contribution in [1.29, 1.82) is 0 Å². The van der Waals surface area contributed by atoms with Gasteiger partial charge in [-0.05, 0) is 6.42 Å². The molecule has 0 unspecified atom stereocenters. The minimum atomic E-state index is -0.110. The molecule has 13 heavy (non-hydrogen) atoms. The number of aromatic nitrogens is 2. The molecule has 0 saturated carbocycles. The predicted molar refractivity (Wildman–Crippen MR) is 48.5 cm³/mol. The van der Waals surface area contributed by atoms with Crippen LogP contribution in [0.25, 0.3) is 0 Å². The topological polar surface area (TPSA) is 73.2 Å². The maximum absolute atomic E-state index is 11.5. The van der Waals surface area contributed by atoms with Gasteiger partial charge >= 0.3 is 0 Å². The van der Waals surface area contributed by atoms with Gasteiger partial charge in [0.2, 0.25) is 0 Å². The summed E-state index contributed by atoms with van der Waals surface area (Å²) in [4.78, 5) is 11.5. The maximum Gasteiger partial charge on any atom is 0.290 e. The molecule has 0 aromatic carbocycles. The van der Waals surface area contributed by atoms with Crippen molar-refractivity contribution in [3.8, 4) is 0 Å². The fourth-order valence-corrected chi connectivity index (χ4v) is 1.87. The summed E-state index contributed by atoms with van der Waals surface area (Å²) in [6.45, 7) is 1.61. The number of aliphatic hydroxyl groups is 1. The van der Waals surface area contributed by atoms with Gasteiger partial charge in [-0.3, -0.25) is 9.48 Å². The van der Waals surface area contributed by atoms with E-state index >= 15 is 0 Å². The minimum Gasteiger partial charge on any atom is -0.396 e. The first-order valence-corrected chi connectivity index (χ1v) is 4.44. The van der Waals surface area contributed by atoms with Gasteiger partial charge in [0, 0.05) is 26.1 Å². The second kappa shape index (κ2) is 2.92. The Labute approximate surface area is 75.4 Å². The van der Waals surface area contributed by atoms with Crippen LogP contribution in [0, 0.1) is 0 Å². The Balaban J connectivity index is 2.55. The number of hydrogen-bond donors (Lipinski definition) is 2. The molecule has 0 amide bonds. The van der Waals surface area contributed by atoms with Gasteiger partial charge in [-0.2, -0.15) is 0 Å². The van der Waals surface area contributed by atoms with Crippen LogP contribution >= 0.6 is 0 Å². The van der Waals surface area contributed by atoms with Crippen LogP contribution < -0.4 is 11.3 Å². The predicted octanol–water partition coefficient (Wildman–Crippen LogP) is -0.830. The zero-order valence-corrected chi connectivity index (χ0v) is 7.36. The van der Waals surface area contributed by atoms with Crippen molar-refractivity contribution in [3.63, 3.8) is 0 Å². The third kappa shape index (κ3) is 1.07. The molecule has 3 N–H and O–H groups in total. The summed E-state index contributed by atoms with van der Waals surface area (Å²) < 4.78 is 3.54. The van der Waals surface area contributed by atoms with E-state index in [2.05, 4.69) is 0 Å². The van der Waals surface area contributed by atoms with E-state index in [9.17, 15) is 4.79 Å². The van der Waals surface area contributed by atoms with E-state index in [4.69, 9.17) is 10.8 Å². The molecule has 0 aliphatic carbocycles. The highest BCUT2D eigenvalue weighted by Gasteiger charge is 2.20. The van der Waals surface area contributed by atoms with Crippen molar-refractivity contribution in [2.75, 3.05) is 12.3 Å². The highest BCUT2D eigenvalue weighted by Crippen LogP contribution is 2.14. The first-order chi connectivity index (χ1) is 6.25. The van der Waals surface area contributed by atoms with E-state index in [0.717, 1.165) is 25.2 Å². The van der Waals surface area contributed by atoms with Gasteiger partial charge in [-0.15, -0.1) is 0 Å². The fourth-order valence-electron chi connectivity index (χ4n) is 1.87. The Morgan fingerprint density at radius 3 is 2.77 bits per heavy atom. The van der Waals surface area contributed by atoms with Gasteiger partial charge in [-0.25, -0.2) is 4.68 Å². The Bertz CT molecular complexity index is 377. The van der Waals surface area contributed by atoms with Crippen molar-refractivity contribution in [1.82, 2.24) is 9.36 Å². The number of nitrogens with zero attached hydrogens (tertiary/aromatic N) is 2. The van der Waals surface area contributed by atoms with Crippen LogP contribution in [0.15, 0.2) is 4.79 Å². The molecule has 2 rings (SSSR count). The summed E-state index contributed by atoms with van der Waals surface area (Å²) in [5.41, 5.74) is 6.61. The van der Waals surface area contributed by atoms with Crippen LogP contribution in [0.3, 0.4) is 0 Å². The summed E-state index contributed by atoms with van der Waals surface area (Å²) in [6, 6.07) is 0. The highest BCUT2D eigenvalue weighted by atomic mass is 16.3. The summed E-state index contributed by atoms with van der Waals surface area (Å²) in [6.07, 6.45) is 1.45. The van der Waals surface area contributed by atoms with E-state index in [1.54, 1.807) is 4.68 Å². The molecule has 1 aliphatic rings. The lowest BCUT2D eigenvalue weighted by molar-refractivity contribution is 0.295. The average molecular weight is 183 g/mol. The van der Waals surface area contributed by atoms with E-state index in [1.807, 2.05) is 4.68 Å². The van der Waals surface area contributed by atoms with Crippen LogP contribution in [-0.2, 0) is 19.5 Å². The second-order valence-electron chi connectivity index (χ2n) is 3.24. The lowest BCUT2D eigenvalue weighted by Gasteiger charge is -2.03. The lowest BCUT2D eigenvalue weighted by Crippen LogP contribution is -2.18. The molecule has 0 bridgehead atoms. The van der Waals surface area contributed by atoms with Crippen molar-refractivity contribution in [2.45, 2.75) is 25.9 Å². The second-order valence-corrected chi connectivity index (χ2v) is 3.24. The Morgan fingerprint density at radius 2 is 2.08 bits per heavy atom. The van der Waals surface area contributed by atoms with Gasteiger partial charge in [0.1, 0.15) is 5.69 Å². The molecule has 1 aromatic rings. The van der Waals surface area contributed by atoms with E-state index in [-0.39, 0.29) is 12.2 Å². The monoisotopic (exact) mass is 183 g/mol. The molecule has 0 saturated heterocycles. The molecule has 1 aliphatic heterocycles. The Morgan fingerprint density at radius 1 is 1.38 bits per heavy atom. The average Bonchev–Trinajstić information content (AvgIpc) is 2.66. The third-order valence-corrected chi connectivity index (χ3v) is 2.47. The van der Waals surface area contributed by atoms with Gasteiger partial charge in [-0.1, -0.05) is 0 Å². The number of aliphatic hydroxyl groups excluding tert-OH is 1.